The van der Waals surface area contributed by atoms with Crippen LogP contribution in [0.15, 0.2) is 29.2 Å². The molecule has 0 radical (unpaired) electrons. The molecule has 0 aromatic heterocycles. The van der Waals surface area contributed by atoms with E-state index in [4.69, 9.17) is 0 Å². The van der Waals surface area contributed by atoms with E-state index in [9.17, 15) is 14.4 Å². The third-order valence-electron chi connectivity index (χ3n) is 4.29. The standard InChI is InChI=1S/C18H20N2O4S/c1-24-17(22)14-7-5-13(6-8-14)11-15-16(21)20(18(23)25-15)12-19-9-3-2-4-10-19/h5-8,11H,2-4,9-10,12H2,1H3/b15-11-. The highest BCUT2D eigenvalue weighted by molar-refractivity contribution is 8.18. The van der Waals surface area contributed by atoms with Crippen LogP contribution in [0.25, 0.3) is 6.08 Å². The third-order valence-corrected chi connectivity index (χ3v) is 5.20. The van der Waals surface area contributed by atoms with Crippen molar-refractivity contribution in [2.45, 2.75) is 19.3 Å². The number of thioether (sulfide) groups is 1. The zero-order chi connectivity index (χ0) is 17.8. The normalized spacial score (nSPS) is 20.4. The number of carbonyl (C=O) groups excluding carboxylic acids is 3. The number of amides is 2. The van der Waals surface area contributed by atoms with Gasteiger partial charge in [0.2, 0.25) is 0 Å². The van der Waals surface area contributed by atoms with Gasteiger partial charge in [-0.05, 0) is 61.5 Å². The molecule has 0 unspecified atom stereocenters. The van der Waals surface area contributed by atoms with Gasteiger partial charge in [0.15, 0.2) is 0 Å². The zero-order valence-electron chi connectivity index (χ0n) is 14.1. The molecule has 2 aliphatic rings. The Kier molecular flexibility index (Phi) is 5.55. The lowest BCUT2D eigenvalue weighted by molar-refractivity contribution is -0.124. The van der Waals surface area contributed by atoms with E-state index in [1.807, 2.05) is 0 Å². The van der Waals surface area contributed by atoms with E-state index in [-0.39, 0.29) is 11.1 Å². The van der Waals surface area contributed by atoms with Crippen molar-refractivity contribution in [2.75, 3.05) is 26.9 Å². The first-order chi connectivity index (χ1) is 12.1. The molecule has 0 atom stereocenters. The minimum Gasteiger partial charge on any atom is -0.465 e. The van der Waals surface area contributed by atoms with Gasteiger partial charge < -0.3 is 4.74 Å². The summed E-state index contributed by atoms with van der Waals surface area (Å²) in [6, 6.07) is 6.72. The number of hydrogen-bond donors (Lipinski definition) is 0. The average Bonchev–Trinajstić information content (AvgIpc) is 2.90. The van der Waals surface area contributed by atoms with Gasteiger partial charge in [0, 0.05) is 0 Å². The van der Waals surface area contributed by atoms with Crippen molar-refractivity contribution in [1.29, 1.82) is 0 Å². The molecule has 2 amide bonds. The first-order valence-electron chi connectivity index (χ1n) is 8.24. The number of piperidine rings is 1. The Morgan fingerprint density at radius 2 is 1.84 bits per heavy atom. The SMILES string of the molecule is COC(=O)c1ccc(/C=C2\SC(=O)N(CN3CCCCC3)C2=O)cc1. The van der Waals surface area contributed by atoms with Crippen LogP contribution in [-0.4, -0.2) is 53.8 Å². The van der Waals surface area contributed by atoms with E-state index in [0.717, 1.165) is 43.3 Å². The molecule has 3 rings (SSSR count). The summed E-state index contributed by atoms with van der Waals surface area (Å²) < 4.78 is 4.66. The topological polar surface area (TPSA) is 66.9 Å². The molecule has 0 spiro atoms. The first kappa shape index (κ1) is 17.7. The van der Waals surface area contributed by atoms with Crippen molar-refractivity contribution < 1.29 is 19.1 Å². The second-order valence-corrected chi connectivity index (χ2v) is 7.04. The van der Waals surface area contributed by atoms with Crippen molar-refractivity contribution in [1.82, 2.24) is 9.80 Å². The number of hydrogen-bond acceptors (Lipinski definition) is 6. The van der Waals surface area contributed by atoms with Gasteiger partial charge in [-0.15, -0.1) is 0 Å². The van der Waals surface area contributed by atoms with Crippen LogP contribution in [0.3, 0.4) is 0 Å². The van der Waals surface area contributed by atoms with Crippen LogP contribution < -0.4 is 0 Å². The summed E-state index contributed by atoms with van der Waals surface area (Å²) in [5.41, 5.74) is 1.20. The van der Waals surface area contributed by atoms with Gasteiger partial charge in [0.25, 0.3) is 11.1 Å². The smallest absolute Gasteiger partial charge is 0.337 e. The van der Waals surface area contributed by atoms with Crippen LogP contribution in [0.5, 0.6) is 0 Å². The molecule has 132 valence electrons. The minimum atomic E-state index is -0.409. The van der Waals surface area contributed by atoms with Gasteiger partial charge >= 0.3 is 5.97 Å². The molecule has 2 heterocycles. The fourth-order valence-electron chi connectivity index (χ4n) is 2.91. The third kappa shape index (κ3) is 4.11. The number of likely N-dealkylation sites (tertiary alicyclic amines) is 1. The Morgan fingerprint density at radius 3 is 2.48 bits per heavy atom. The number of carbonyl (C=O) groups is 3. The molecule has 7 heteroatoms. The summed E-state index contributed by atoms with van der Waals surface area (Å²) in [7, 11) is 1.33. The Balaban J connectivity index is 1.70. The van der Waals surface area contributed by atoms with E-state index >= 15 is 0 Å². The van der Waals surface area contributed by atoms with Gasteiger partial charge in [-0.2, -0.15) is 0 Å². The number of ether oxygens (including phenoxy) is 1. The fraction of sp³-hybridized carbons (Fsp3) is 0.389. The van der Waals surface area contributed by atoms with E-state index in [1.54, 1.807) is 30.3 Å². The summed E-state index contributed by atoms with van der Waals surface area (Å²) in [6.45, 7) is 2.22. The van der Waals surface area contributed by atoms with E-state index < -0.39 is 5.97 Å². The maximum absolute atomic E-state index is 12.5. The van der Waals surface area contributed by atoms with E-state index in [2.05, 4.69) is 9.64 Å². The molecule has 2 saturated heterocycles. The minimum absolute atomic E-state index is 0.229. The average molecular weight is 360 g/mol. The van der Waals surface area contributed by atoms with E-state index in [0.29, 0.717) is 17.1 Å². The first-order valence-corrected chi connectivity index (χ1v) is 9.06. The summed E-state index contributed by atoms with van der Waals surface area (Å²) in [5, 5.41) is -0.229. The lowest BCUT2D eigenvalue weighted by Crippen LogP contribution is -2.42. The number of nitrogens with zero attached hydrogens (tertiary/aromatic N) is 2. The van der Waals surface area contributed by atoms with Crippen molar-refractivity contribution in [3.05, 3.63) is 40.3 Å². The molecule has 0 bridgehead atoms. The highest BCUT2D eigenvalue weighted by atomic mass is 32.2. The number of methoxy groups -OCH3 is 1. The maximum atomic E-state index is 12.5. The molecule has 25 heavy (non-hydrogen) atoms. The maximum Gasteiger partial charge on any atom is 0.337 e. The van der Waals surface area contributed by atoms with Gasteiger partial charge in [-0.1, -0.05) is 18.6 Å². The van der Waals surface area contributed by atoms with Crippen LogP contribution in [0.4, 0.5) is 4.79 Å². The van der Waals surface area contributed by atoms with Crippen LogP contribution in [0, 0.1) is 0 Å². The van der Waals surface area contributed by atoms with Crippen molar-refractivity contribution in [3.63, 3.8) is 0 Å². The summed E-state index contributed by atoms with van der Waals surface area (Å²) >= 11 is 0.960. The second-order valence-electron chi connectivity index (χ2n) is 6.04. The molecular weight excluding hydrogens is 340 g/mol. The summed E-state index contributed by atoms with van der Waals surface area (Å²) in [6.07, 6.45) is 5.11. The van der Waals surface area contributed by atoms with Crippen LogP contribution in [0.1, 0.15) is 35.2 Å². The van der Waals surface area contributed by atoms with Crippen LogP contribution in [0.2, 0.25) is 0 Å². The quantitative estimate of drug-likeness (QED) is 0.607. The largest absolute Gasteiger partial charge is 0.465 e. The Morgan fingerprint density at radius 1 is 1.16 bits per heavy atom. The molecule has 0 saturated carbocycles. The van der Waals surface area contributed by atoms with E-state index in [1.165, 1.54) is 18.4 Å². The van der Waals surface area contributed by atoms with Gasteiger partial charge in [0.1, 0.15) is 0 Å². The van der Waals surface area contributed by atoms with Crippen molar-refractivity contribution in [2.24, 2.45) is 0 Å². The van der Waals surface area contributed by atoms with Crippen LogP contribution in [-0.2, 0) is 9.53 Å². The molecule has 1 aromatic carbocycles. The number of imide groups is 1. The highest BCUT2D eigenvalue weighted by Crippen LogP contribution is 2.32. The molecule has 1 aromatic rings. The molecule has 6 nitrogen and oxygen atoms in total. The van der Waals surface area contributed by atoms with Gasteiger partial charge in [0.05, 0.1) is 24.2 Å². The van der Waals surface area contributed by atoms with Gasteiger partial charge in [-0.3, -0.25) is 19.4 Å². The van der Waals surface area contributed by atoms with Crippen molar-refractivity contribution in [3.8, 4) is 0 Å². The Hall–Kier alpha value is -2.12. The Bertz CT molecular complexity index is 708. The predicted octanol–water partition coefficient (Wildman–Crippen LogP) is 2.95. The lowest BCUT2D eigenvalue weighted by Gasteiger charge is -2.29. The fourth-order valence-corrected chi connectivity index (χ4v) is 3.74. The zero-order valence-corrected chi connectivity index (χ0v) is 14.9. The predicted molar refractivity (Wildman–Crippen MR) is 95.9 cm³/mol. The highest BCUT2D eigenvalue weighted by Gasteiger charge is 2.36. The number of benzene rings is 1. The van der Waals surface area contributed by atoms with Crippen LogP contribution >= 0.6 is 11.8 Å². The molecule has 0 aliphatic carbocycles. The molecule has 2 fully saturated rings. The molecule has 0 N–H and O–H groups in total. The molecular formula is C18H20N2O4S. The number of rotatable bonds is 4. The van der Waals surface area contributed by atoms with Crippen molar-refractivity contribution >= 4 is 35.0 Å². The summed E-state index contributed by atoms with van der Waals surface area (Å²) in [5.74, 6) is -0.661. The van der Waals surface area contributed by atoms with Gasteiger partial charge in [-0.25, -0.2) is 4.79 Å². The second kappa shape index (κ2) is 7.84. The number of esters is 1. The monoisotopic (exact) mass is 360 g/mol. The lowest BCUT2D eigenvalue weighted by atomic mass is 10.1. The summed E-state index contributed by atoms with van der Waals surface area (Å²) in [4.78, 5) is 40.0. The Labute approximate surface area is 150 Å². The molecule has 2 aliphatic heterocycles.